The summed E-state index contributed by atoms with van der Waals surface area (Å²) in [6, 6.07) is -0.439. The maximum Gasteiger partial charge on any atom is 0.244 e. The van der Waals surface area contributed by atoms with Crippen LogP contribution in [0.1, 0.15) is 58.3 Å². The summed E-state index contributed by atoms with van der Waals surface area (Å²) in [5.41, 5.74) is 5.85. The van der Waals surface area contributed by atoms with Gasteiger partial charge >= 0.3 is 0 Å². The van der Waals surface area contributed by atoms with Gasteiger partial charge in [0.05, 0.1) is 0 Å². The van der Waals surface area contributed by atoms with Gasteiger partial charge in [-0.1, -0.05) is 12.8 Å². The Hall–Kier alpha value is -1.10. The van der Waals surface area contributed by atoms with E-state index in [9.17, 15) is 9.59 Å². The van der Waals surface area contributed by atoms with E-state index in [-0.39, 0.29) is 17.4 Å². The van der Waals surface area contributed by atoms with Gasteiger partial charge in [-0.3, -0.25) is 9.59 Å². The Kier molecular flexibility index (Phi) is 5.02. The first-order valence-electron chi connectivity index (χ1n) is 7.87. The van der Waals surface area contributed by atoms with Crippen LogP contribution in [0.4, 0.5) is 0 Å². The fourth-order valence-electron chi connectivity index (χ4n) is 3.32. The Morgan fingerprint density at radius 1 is 1.15 bits per heavy atom. The highest BCUT2D eigenvalue weighted by Gasteiger charge is 2.32. The monoisotopic (exact) mass is 281 g/mol. The zero-order valence-corrected chi connectivity index (χ0v) is 12.5. The van der Waals surface area contributed by atoms with Crippen LogP contribution < -0.4 is 11.1 Å². The van der Waals surface area contributed by atoms with E-state index >= 15 is 0 Å². The number of nitrogens with zero attached hydrogens (tertiary/aromatic N) is 1. The highest BCUT2D eigenvalue weighted by atomic mass is 16.2. The largest absolute Gasteiger partial charge is 0.345 e. The molecule has 0 aromatic carbocycles. The minimum Gasteiger partial charge on any atom is -0.345 e. The number of nitrogens with two attached hydrogens (primary N) is 1. The van der Waals surface area contributed by atoms with Gasteiger partial charge in [-0.25, -0.2) is 0 Å². The van der Waals surface area contributed by atoms with E-state index in [0.717, 1.165) is 51.6 Å². The maximum absolute atomic E-state index is 12.2. The number of carbonyl (C=O) groups excluding carboxylic acids is 2. The minimum atomic E-state index is -0.439. The van der Waals surface area contributed by atoms with Gasteiger partial charge in [0.25, 0.3) is 0 Å². The van der Waals surface area contributed by atoms with Crippen LogP contribution in [0.25, 0.3) is 0 Å². The number of piperidine rings is 1. The van der Waals surface area contributed by atoms with E-state index in [1.54, 1.807) is 6.92 Å². The molecular weight excluding hydrogens is 254 g/mol. The van der Waals surface area contributed by atoms with Gasteiger partial charge < -0.3 is 16.0 Å². The lowest BCUT2D eigenvalue weighted by Crippen LogP contribution is -2.50. The lowest BCUT2D eigenvalue weighted by atomic mass is 9.94. The summed E-state index contributed by atoms with van der Waals surface area (Å²) in [5.74, 6) is -0.0530. The number of nitrogens with one attached hydrogen (secondary N) is 1. The summed E-state index contributed by atoms with van der Waals surface area (Å²) < 4.78 is 0. The van der Waals surface area contributed by atoms with Crippen molar-refractivity contribution in [3.05, 3.63) is 0 Å². The van der Waals surface area contributed by atoms with Crippen molar-refractivity contribution >= 4 is 11.8 Å². The Balaban J connectivity index is 1.79. The Morgan fingerprint density at radius 3 is 2.35 bits per heavy atom. The lowest BCUT2D eigenvalue weighted by Gasteiger charge is -2.30. The quantitative estimate of drug-likeness (QED) is 0.812. The predicted octanol–water partition coefficient (Wildman–Crippen LogP) is 1.17. The van der Waals surface area contributed by atoms with Crippen molar-refractivity contribution in [1.29, 1.82) is 0 Å². The van der Waals surface area contributed by atoms with Gasteiger partial charge in [0.15, 0.2) is 0 Å². The van der Waals surface area contributed by atoms with Crippen molar-refractivity contribution in [1.82, 2.24) is 10.2 Å². The van der Waals surface area contributed by atoms with Crippen molar-refractivity contribution in [3.63, 3.8) is 0 Å². The molecule has 1 saturated carbocycles. The van der Waals surface area contributed by atoms with Crippen molar-refractivity contribution in [3.8, 4) is 0 Å². The van der Waals surface area contributed by atoms with E-state index in [2.05, 4.69) is 5.32 Å². The summed E-state index contributed by atoms with van der Waals surface area (Å²) >= 11 is 0. The third kappa shape index (κ3) is 3.95. The molecule has 0 aromatic heterocycles. The summed E-state index contributed by atoms with van der Waals surface area (Å²) in [6.45, 7) is 3.41. The van der Waals surface area contributed by atoms with Crippen LogP contribution in [0.3, 0.4) is 0 Å². The Morgan fingerprint density at radius 2 is 1.75 bits per heavy atom. The number of likely N-dealkylation sites (tertiary alicyclic amines) is 1. The molecule has 1 atom stereocenters. The molecule has 0 radical (unpaired) electrons. The molecule has 1 aliphatic heterocycles. The zero-order chi connectivity index (χ0) is 14.6. The van der Waals surface area contributed by atoms with E-state index in [1.807, 2.05) is 4.90 Å². The van der Waals surface area contributed by atoms with Crippen LogP contribution in [0.5, 0.6) is 0 Å². The third-order valence-corrected chi connectivity index (χ3v) is 4.53. The molecular formula is C15H27N3O2. The van der Waals surface area contributed by atoms with Crippen LogP contribution in [0, 0.1) is 0 Å². The number of amides is 2. The molecule has 2 amide bonds. The molecule has 3 N–H and O–H groups in total. The smallest absolute Gasteiger partial charge is 0.244 e. The van der Waals surface area contributed by atoms with Crippen molar-refractivity contribution in [2.24, 2.45) is 5.73 Å². The summed E-state index contributed by atoms with van der Waals surface area (Å²) in [4.78, 5) is 26.1. The van der Waals surface area contributed by atoms with Gasteiger partial charge in [-0.05, 0) is 39.0 Å². The second-order valence-electron chi connectivity index (χ2n) is 6.42. The van der Waals surface area contributed by atoms with Crippen molar-refractivity contribution < 1.29 is 9.59 Å². The molecule has 5 nitrogen and oxygen atoms in total. The highest BCUT2D eigenvalue weighted by molar-refractivity contribution is 5.87. The summed E-state index contributed by atoms with van der Waals surface area (Å²) in [5, 5.41) is 2.82. The molecule has 1 aliphatic carbocycles. The highest BCUT2D eigenvalue weighted by Crippen LogP contribution is 2.29. The first kappa shape index (κ1) is 15.3. The molecule has 20 heavy (non-hydrogen) atoms. The van der Waals surface area contributed by atoms with Crippen LogP contribution in [-0.2, 0) is 9.59 Å². The zero-order valence-electron chi connectivity index (χ0n) is 12.5. The summed E-state index contributed by atoms with van der Waals surface area (Å²) in [6.07, 6.45) is 7.70. The van der Waals surface area contributed by atoms with Gasteiger partial charge in [-0.2, -0.15) is 0 Å². The first-order chi connectivity index (χ1) is 9.50. The molecule has 0 aromatic rings. The van der Waals surface area contributed by atoms with E-state index < -0.39 is 6.04 Å². The average molecular weight is 281 g/mol. The topological polar surface area (TPSA) is 75.4 Å². The van der Waals surface area contributed by atoms with Crippen molar-refractivity contribution in [2.45, 2.75) is 69.9 Å². The summed E-state index contributed by atoms with van der Waals surface area (Å²) in [7, 11) is 0. The van der Waals surface area contributed by atoms with Crippen LogP contribution in [0.15, 0.2) is 0 Å². The molecule has 2 rings (SSSR count). The molecule has 2 aliphatic rings. The van der Waals surface area contributed by atoms with Gasteiger partial charge in [-0.15, -0.1) is 0 Å². The minimum absolute atomic E-state index is 0.0375. The van der Waals surface area contributed by atoms with Crippen LogP contribution in [0.2, 0.25) is 0 Å². The second-order valence-corrected chi connectivity index (χ2v) is 6.42. The van der Waals surface area contributed by atoms with E-state index in [4.69, 9.17) is 5.73 Å². The Labute approximate surface area is 121 Å². The molecule has 0 bridgehead atoms. The normalized spacial score (nSPS) is 23.4. The fourth-order valence-corrected chi connectivity index (χ4v) is 3.32. The second kappa shape index (κ2) is 6.57. The van der Waals surface area contributed by atoms with Gasteiger partial charge in [0, 0.05) is 25.0 Å². The first-order valence-corrected chi connectivity index (χ1v) is 7.87. The fraction of sp³-hybridized carbons (Fsp3) is 0.867. The number of hydrogen-bond donors (Lipinski definition) is 2. The molecule has 1 unspecified atom stereocenters. The predicted molar refractivity (Wildman–Crippen MR) is 78.0 cm³/mol. The lowest BCUT2D eigenvalue weighted by molar-refractivity contribution is -0.137. The molecule has 1 heterocycles. The number of hydrogen-bond acceptors (Lipinski definition) is 3. The number of carbonyl (C=O) groups is 2. The molecule has 2 fully saturated rings. The Bertz CT molecular complexity index is 358. The van der Waals surface area contributed by atoms with Crippen LogP contribution in [-0.4, -0.2) is 41.4 Å². The number of rotatable bonds is 4. The molecule has 1 saturated heterocycles. The van der Waals surface area contributed by atoms with Gasteiger partial charge in [0.2, 0.25) is 11.8 Å². The molecule has 114 valence electrons. The SMILES string of the molecule is CC(NC(=O)CC1(N)CCCC1)C(=O)N1CCCCC1. The van der Waals surface area contributed by atoms with E-state index in [1.165, 1.54) is 6.42 Å². The average Bonchev–Trinajstić information content (AvgIpc) is 2.84. The third-order valence-electron chi connectivity index (χ3n) is 4.53. The molecule has 0 spiro atoms. The van der Waals surface area contributed by atoms with Gasteiger partial charge in [0.1, 0.15) is 6.04 Å². The standard InChI is InChI=1S/C15H27N3O2/c1-12(14(20)18-9-5-2-6-10-18)17-13(19)11-15(16)7-3-4-8-15/h12H,2-11,16H2,1H3,(H,17,19). The van der Waals surface area contributed by atoms with Crippen molar-refractivity contribution in [2.75, 3.05) is 13.1 Å². The molecule has 5 heteroatoms. The van der Waals surface area contributed by atoms with E-state index in [0.29, 0.717) is 6.42 Å². The maximum atomic E-state index is 12.2. The van der Waals surface area contributed by atoms with Crippen LogP contribution >= 0.6 is 0 Å².